The summed E-state index contributed by atoms with van der Waals surface area (Å²) in [5.74, 6) is -2.14. The molecular weight excluding hydrogens is 428 g/mol. The number of aliphatic carboxylic acids is 1. The molecule has 0 aliphatic carbocycles. The molecule has 0 aliphatic heterocycles. The van der Waals surface area contributed by atoms with Gasteiger partial charge in [0.15, 0.2) is 0 Å². The van der Waals surface area contributed by atoms with Crippen LogP contribution in [0.4, 0.5) is 0 Å². The smallest absolute Gasteiger partial charge is 0.334 e. The predicted molar refractivity (Wildman–Crippen MR) is 120 cm³/mol. The van der Waals surface area contributed by atoms with E-state index in [1.165, 1.54) is 24.3 Å². The van der Waals surface area contributed by atoms with Crippen LogP contribution < -0.4 is 15.4 Å². The number of carbonyl (C=O) groups is 4. The first-order chi connectivity index (χ1) is 15.7. The Bertz CT molecular complexity index is 971. The second-order valence-corrected chi connectivity index (χ2v) is 7.43. The lowest BCUT2D eigenvalue weighted by molar-refractivity contribution is -0.141. The van der Waals surface area contributed by atoms with Crippen LogP contribution in [-0.2, 0) is 32.0 Å². The summed E-state index contributed by atoms with van der Waals surface area (Å²) < 4.78 is 5.42. The van der Waals surface area contributed by atoms with Gasteiger partial charge in [-0.1, -0.05) is 38.1 Å². The molecule has 176 valence electrons. The monoisotopic (exact) mass is 456 g/mol. The van der Waals surface area contributed by atoms with Crippen LogP contribution in [0.3, 0.4) is 0 Å². The molecule has 2 aromatic carbocycles. The number of aromatic hydroxyl groups is 1. The quantitative estimate of drug-likeness (QED) is 0.299. The van der Waals surface area contributed by atoms with Crippen molar-refractivity contribution in [3.05, 3.63) is 59.7 Å². The molecule has 2 amide bonds. The zero-order valence-corrected chi connectivity index (χ0v) is 18.5. The largest absolute Gasteiger partial charge is 0.508 e. The maximum absolute atomic E-state index is 12.7. The number of phenols is 1. The van der Waals surface area contributed by atoms with Crippen molar-refractivity contribution < 1.29 is 34.1 Å². The van der Waals surface area contributed by atoms with E-state index < -0.39 is 24.0 Å². The first-order valence-electron chi connectivity index (χ1n) is 10.6. The van der Waals surface area contributed by atoms with Crippen LogP contribution in [0.25, 0.3) is 0 Å². The molecule has 0 unspecified atom stereocenters. The number of esters is 1. The molecule has 0 heterocycles. The molecule has 4 N–H and O–H groups in total. The Hall–Kier alpha value is -3.88. The minimum Gasteiger partial charge on any atom is -0.508 e. The fourth-order valence-corrected chi connectivity index (χ4v) is 2.97. The van der Waals surface area contributed by atoms with Gasteiger partial charge in [-0.3, -0.25) is 9.59 Å². The van der Waals surface area contributed by atoms with Crippen LogP contribution in [0.2, 0.25) is 0 Å². The summed E-state index contributed by atoms with van der Waals surface area (Å²) in [6.07, 6.45) is 0.637. The second kappa shape index (κ2) is 12.2. The van der Waals surface area contributed by atoms with Crippen molar-refractivity contribution in [1.82, 2.24) is 10.6 Å². The van der Waals surface area contributed by atoms with Crippen LogP contribution in [0.1, 0.15) is 37.8 Å². The lowest BCUT2D eigenvalue weighted by Gasteiger charge is -2.18. The lowest BCUT2D eigenvalue weighted by Crippen LogP contribution is -2.44. The summed E-state index contributed by atoms with van der Waals surface area (Å²) >= 11 is 0. The first-order valence-corrected chi connectivity index (χ1v) is 10.6. The van der Waals surface area contributed by atoms with Gasteiger partial charge < -0.3 is 25.6 Å². The molecule has 0 aliphatic rings. The van der Waals surface area contributed by atoms with Crippen molar-refractivity contribution in [3.63, 3.8) is 0 Å². The Morgan fingerprint density at radius 2 is 1.24 bits per heavy atom. The van der Waals surface area contributed by atoms with E-state index in [0.29, 0.717) is 5.56 Å². The van der Waals surface area contributed by atoms with Crippen molar-refractivity contribution in [1.29, 1.82) is 0 Å². The molecule has 2 rings (SSSR count). The first kappa shape index (κ1) is 25.4. The Morgan fingerprint density at radius 1 is 0.788 bits per heavy atom. The van der Waals surface area contributed by atoms with Gasteiger partial charge in [-0.2, -0.15) is 0 Å². The van der Waals surface area contributed by atoms with Gasteiger partial charge in [0.1, 0.15) is 23.6 Å². The predicted octanol–water partition coefficient (Wildman–Crippen LogP) is 1.96. The molecular formula is C24H28N2O7. The van der Waals surface area contributed by atoms with Crippen molar-refractivity contribution in [2.24, 2.45) is 0 Å². The molecule has 0 spiro atoms. The van der Waals surface area contributed by atoms with E-state index in [0.717, 1.165) is 5.56 Å². The number of amides is 2. The average molecular weight is 456 g/mol. The maximum atomic E-state index is 12.7. The molecule has 0 saturated carbocycles. The molecule has 2 aromatic rings. The molecule has 9 heteroatoms. The van der Waals surface area contributed by atoms with Gasteiger partial charge in [-0.25, -0.2) is 9.59 Å². The van der Waals surface area contributed by atoms with Crippen LogP contribution in [0.5, 0.6) is 11.5 Å². The highest BCUT2D eigenvalue weighted by Crippen LogP contribution is 2.16. The minimum atomic E-state index is -1.14. The zero-order valence-electron chi connectivity index (χ0n) is 18.5. The number of phenolic OH excluding ortho intramolecular Hbond substituents is 1. The standard InChI is InChI=1S/C24H28N2O7/c1-3-21(28)25-19(23(30)31)13-16-7-11-18(12-8-16)33-24(32)20(26-22(29)4-2)14-15-5-9-17(27)10-6-15/h5-12,19-20,27H,3-4,13-14H2,1-2H3,(H,25,28)(H,26,29)(H,30,31)/t19-,20-/m0/s1. The zero-order chi connectivity index (χ0) is 24.4. The van der Waals surface area contributed by atoms with Crippen molar-refractivity contribution >= 4 is 23.8 Å². The van der Waals surface area contributed by atoms with Crippen molar-refractivity contribution in [3.8, 4) is 11.5 Å². The van der Waals surface area contributed by atoms with Gasteiger partial charge >= 0.3 is 11.9 Å². The topological polar surface area (TPSA) is 142 Å². The summed E-state index contributed by atoms with van der Waals surface area (Å²) in [7, 11) is 0. The Labute approximate surface area is 191 Å². The number of nitrogens with one attached hydrogen (secondary N) is 2. The normalized spacial score (nSPS) is 12.3. The second-order valence-electron chi connectivity index (χ2n) is 7.43. The average Bonchev–Trinajstić information content (AvgIpc) is 2.80. The molecule has 0 bridgehead atoms. The number of hydrogen-bond acceptors (Lipinski definition) is 6. The van der Waals surface area contributed by atoms with E-state index >= 15 is 0 Å². The van der Waals surface area contributed by atoms with Crippen LogP contribution >= 0.6 is 0 Å². The summed E-state index contributed by atoms with van der Waals surface area (Å²) in [6.45, 7) is 3.31. The molecule has 0 saturated heterocycles. The Kier molecular flexibility index (Phi) is 9.41. The van der Waals surface area contributed by atoms with Gasteiger partial charge in [0.2, 0.25) is 11.8 Å². The van der Waals surface area contributed by atoms with Crippen molar-refractivity contribution in [2.45, 2.75) is 51.6 Å². The third kappa shape index (κ3) is 8.29. The molecule has 0 radical (unpaired) electrons. The SMILES string of the molecule is CCC(=O)N[C@@H](Cc1ccc(OC(=O)[C@H](Cc2ccc(O)cc2)NC(=O)CC)cc1)C(=O)O. The van der Waals surface area contributed by atoms with E-state index in [2.05, 4.69) is 10.6 Å². The maximum Gasteiger partial charge on any atom is 0.334 e. The number of ether oxygens (including phenoxy) is 1. The third-order valence-electron chi connectivity index (χ3n) is 4.85. The van der Waals surface area contributed by atoms with Gasteiger partial charge in [0.05, 0.1) is 0 Å². The Morgan fingerprint density at radius 3 is 1.73 bits per heavy atom. The van der Waals surface area contributed by atoms with E-state index in [9.17, 15) is 29.4 Å². The third-order valence-corrected chi connectivity index (χ3v) is 4.85. The fourth-order valence-electron chi connectivity index (χ4n) is 2.97. The van der Waals surface area contributed by atoms with E-state index in [4.69, 9.17) is 4.74 Å². The number of carbonyl (C=O) groups excluding carboxylic acids is 3. The molecule has 33 heavy (non-hydrogen) atoms. The molecule has 0 aromatic heterocycles. The minimum absolute atomic E-state index is 0.0747. The highest BCUT2D eigenvalue weighted by Gasteiger charge is 2.24. The summed E-state index contributed by atoms with van der Waals surface area (Å²) in [6, 6.07) is 10.5. The lowest BCUT2D eigenvalue weighted by atomic mass is 10.0. The number of carboxylic acids is 1. The van der Waals surface area contributed by atoms with Gasteiger partial charge in [-0.05, 0) is 35.4 Å². The Balaban J connectivity index is 2.07. The number of benzene rings is 2. The van der Waals surface area contributed by atoms with Gasteiger partial charge in [0.25, 0.3) is 0 Å². The molecule has 0 fully saturated rings. The number of rotatable bonds is 11. The highest BCUT2D eigenvalue weighted by molar-refractivity contribution is 5.86. The highest BCUT2D eigenvalue weighted by atomic mass is 16.5. The van der Waals surface area contributed by atoms with Gasteiger partial charge in [-0.15, -0.1) is 0 Å². The van der Waals surface area contributed by atoms with Crippen LogP contribution in [0.15, 0.2) is 48.5 Å². The van der Waals surface area contributed by atoms with E-state index in [1.807, 2.05) is 0 Å². The van der Waals surface area contributed by atoms with E-state index in [1.54, 1.807) is 38.1 Å². The number of carboxylic acid groups (broad SMARTS) is 1. The number of hydrogen-bond donors (Lipinski definition) is 4. The van der Waals surface area contributed by atoms with E-state index in [-0.39, 0.29) is 49.0 Å². The summed E-state index contributed by atoms with van der Waals surface area (Å²) in [4.78, 5) is 47.5. The van der Waals surface area contributed by atoms with Crippen molar-refractivity contribution in [2.75, 3.05) is 0 Å². The van der Waals surface area contributed by atoms with Crippen LogP contribution in [0, 0.1) is 0 Å². The van der Waals surface area contributed by atoms with Gasteiger partial charge in [0, 0.05) is 25.7 Å². The summed E-state index contributed by atoms with van der Waals surface area (Å²) in [5, 5.41) is 23.8. The van der Waals surface area contributed by atoms with Crippen LogP contribution in [-0.4, -0.2) is 46.0 Å². The summed E-state index contributed by atoms with van der Waals surface area (Å²) in [5.41, 5.74) is 1.37. The fraction of sp³-hybridized carbons (Fsp3) is 0.333. The molecule has 9 nitrogen and oxygen atoms in total. The molecule has 2 atom stereocenters.